The molecule has 2 aromatic carbocycles. The molecule has 0 N–H and O–H groups in total. The number of fused-ring (bicyclic) bond motifs is 2. The quantitative estimate of drug-likeness (QED) is 0.626. The summed E-state index contributed by atoms with van der Waals surface area (Å²) in [5.41, 5.74) is 2.11. The molecule has 2 aliphatic rings. The van der Waals surface area contributed by atoms with Gasteiger partial charge in [-0.15, -0.1) is 0 Å². The van der Waals surface area contributed by atoms with Gasteiger partial charge in [0.2, 0.25) is 0 Å². The predicted octanol–water partition coefficient (Wildman–Crippen LogP) is 3.49. The van der Waals surface area contributed by atoms with Gasteiger partial charge in [0.15, 0.2) is 5.78 Å². The number of piperidine rings is 1. The van der Waals surface area contributed by atoms with Crippen LogP contribution in [0.5, 0.6) is 5.75 Å². The number of carbonyl (C=O) groups is 1. The first-order valence-corrected chi connectivity index (χ1v) is 10.9. The first-order chi connectivity index (χ1) is 14.6. The molecule has 0 amide bonds. The van der Waals surface area contributed by atoms with Crippen LogP contribution in [-0.4, -0.2) is 68.1 Å². The van der Waals surface area contributed by atoms with Crippen LogP contribution < -0.4 is 4.74 Å². The Bertz CT molecular complexity index is 808. The van der Waals surface area contributed by atoms with Crippen LogP contribution in [0.2, 0.25) is 0 Å². The molecule has 2 unspecified atom stereocenters. The highest BCUT2D eigenvalue weighted by atomic mass is 16.5. The molecule has 2 fully saturated rings. The number of carbonyl (C=O) groups excluding carboxylic acids is 1. The minimum Gasteiger partial charge on any atom is -0.492 e. The zero-order valence-electron chi connectivity index (χ0n) is 18.0. The van der Waals surface area contributed by atoms with Crippen LogP contribution in [0.3, 0.4) is 0 Å². The summed E-state index contributed by atoms with van der Waals surface area (Å²) in [7, 11) is 4.05. The minimum atomic E-state index is 0.0661. The Balaban J connectivity index is 1.37. The molecule has 2 aromatic rings. The van der Waals surface area contributed by atoms with Gasteiger partial charge in [-0.25, -0.2) is 0 Å². The fourth-order valence-corrected chi connectivity index (χ4v) is 4.55. The highest BCUT2D eigenvalue weighted by molar-refractivity contribution is 5.98. The van der Waals surface area contributed by atoms with Gasteiger partial charge in [-0.05, 0) is 56.8 Å². The van der Waals surface area contributed by atoms with E-state index in [1.165, 1.54) is 5.56 Å². The fraction of sp³-hybridized carbons (Fsp3) is 0.480. The second-order valence-electron chi connectivity index (χ2n) is 8.71. The van der Waals surface area contributed by atoms with Crippen molar-refractivity contribution in [3.63, 3.8) is 0 Å². The Morgan fingerprint density at radius 1 is 1.03 bits per heavy atom. The lowest BCUT2D eigenvalue weighted by atomic mass is 9.80. The van der Waals surface area contributed by atoms with Crippen LogP contribution >= 0.6 is 0 Å². The smallest absolute Gasteiger partial charge is 0.166 e. The molecular formula is C25H32N2O3. The summed E-state index contributed by atoms with van der Waals surface area (Å²) in [6.45, 7) is 3.87. The second kappa shape index (κ2) is 9.73. The summed E-state index contributed by atoms with van der Waals surface area (Å²) in [6.07, 6.45) is 1.73. The van der Waals surface area contributed by atoms with Crippen molar-refractivity contribution in [2.75, 3.05) is 40.5 Å². The van der Waals surface area contributed by atoms with Gasteiger partial charge in [0.05, 0.1) is 13.2 Å². The Labute approximate surface area is 179 Å². The van der Waals surface area contributed by atoms with Crippen molar-refractivity contribution in [3.05, 3.63) is 65.7 Å². The third-order valence-electron chi connectivity index (χ3n) is 6.20. The van der Waals surface area contributed by atoms with Crippen molar-refractivity contribution in [3.8, 4) is 5.75 Å². The number of hydrogen-bond donors (Lipinski definition) is 0. The number of ether oxygens (including phenoxy) is 2. The predicted molar refractivity (Wildman–Crippen MR) is 118 cm³/mol. The van der Waals surface area contributed by atoms with Crippen molar-refractivity contribution in [2.24, 2.45) is 5.92 Å². The average Bonchev–Trinajstić information content (AvgIpc) is 2.74. The Morgan fingerprint density at radius 2 is 1.70 bits per heavy atom. The summed E-state index contributed by atoms with van der Waals surface area (Å²) in [6, 6.07) is 18.8. The van der Waals surface area contributed by atoms with Crippen molar-refractivity contribution < 1.29 is 14.3 Å². The molecule has 2 saturated heterocycles. The van der Waals surface area contributed by atoms with E-state index in [9.17, 15) is 4.79 Å². The van der Waals surface area contributed by atoms with Crippen LogP contribution in [-0.2, 0) is 11.3 Å². The van der Waals surface area contributed by atoms with E-state index < -0.39 is 0 Å². The molecule has 2 bridgehead atoms. The molecule has 2 aliphatic heterocycles. The number of likely N-dealkylation sites (N-methyl/N-ethyl adjacent to an activating group) is 1. The number of rotatable bonds is 8. The number of hydrogen-bond acceptors (Lipinski definition) is 5. The van der Waals surface area contributed by atoms with E-state index in [2.05, 4.69) is 40.1 Å². The van der Waals surface area contributed by atoms with Gasteiger partial charge in [-0.3, -0.25) is 9.69 Å². The average molecular weight is 409 g/mol. The third-order valence-corrected chi connectivity index (χ3v) is 6.20. The highest BCUT2D eigenvalue weighted by Crippen LogP contribution is 2.34. The SMILES string of the molecule is CN(C)CCOc1ccc(C(=O)C2CC3COCC(C2)N3Cc2ccccc2)cc1. The maximum absolute atomic E-state index is 13.2. The van der Waals surface area contributed by atoms with Crippen molar-refractivity contribution in [1.82, 2.24) is 9.80 Å². The molecule has 5 heteroatoms. The summed E-state index contributed by atoms with van der Waals surface area (Å²) in [4.78, 5) is 17.8. The van der Waals surface area contributed by atoms with E-state index in [1.54, 1.807) is 0 Å². The molecule has 4 rings (SSSR count). The Hall–Kier alpha value is -2.21. The Kier molecular flexibility index (Phi) is 6.82. The van der Waals surface area contributed by atoms with Gasteiger partial charge in [-0.1, -0.05) is 30.3 Å². The summed E-state index contributed by atoms with van der Waals surface area (Å²) in [5.74, 6) is 1.14. The molecule has 5 nitrogen and oxygen atoms in total. The zero-order chi connectivity index (χ0) is 20.9. The highest BCUT2D eigenvalue weighted by Gasteiger charge is 2.41. The van der Waals surface area contributed by atoms with Crippen LogP contribution in [0.4, 0.5) is 0 Å². The molecular weight excluding hydrogens is 376 g/mol. The minimum absolute atomic E-state index is 0.0661. The normalized spacial score (nSPS) is 24.0. The van der Waals surface area contributed by atoms with Crippen molar-refractivity contribution in [1.29, 1.82) is 0 Å². The number of nitrogens with zero attached hydrogens (tertiary/aromatic N) is 2. The van der Waals surface area contributed by atoms with Gasteiger partial charge in [-0.2, -0.15) is 0 Å². The molecule has 30 heavy (non-hydrogen) atoms. The monoisotopic (exact) mass is 408 g/mol. The summed E-state index contributed by atoms with van der Waals surface area (Å²) >= 11 is 0. The number of benzene rings is 2. The summed E-state index contributed by atoms with van der Waals surface area (Å²) < 4.78 is 11.6. The lowest BCUT2D eigenvalue weighted by molar-refractivity contribution is -0.0872. The van der Waals surface area contributed by atoms with Gasteiger partial charge in [0, 0.05) is 36.7 Å². The zero-order valence-corrected chi connectivity index (χ0v) is 18.0. The molecule has 0 aliphatic carbocycles. The van der Waals surface area contributed by atoms with Crippen LogP contribution in [0.1, 0.15) is 28.8 Å². The van der Waals surface area contributed by atoms with E-state index >= 15 is 0 Å². The van der Waals surface area contributed by atoms with E-state index in [-0.39, 0.29) is 11.7 Å². The van der Waals surface area contributed by atoms with Gasteiger partial charge >= 0.3 is 0 Å². The van der Waals surface area contributed by atoms with E-state index in [4.69, 9.17) is 9.47 Å². The molecule has 2 heterocycles. The maximum Gasteiger partial charge on any atom is 0.166 e. The standard InChI is InChI=1S/C25H32N2O3/c1-26(2)12-13-30-24-10-8-20(9-11-24)25(28)21-14-22-17-29-18-23(15-21)27(22)16-19-6-4-3-5-7-19/h3-11,21-23H,12-18H2,1-2H3. The van der Waals surface area contributed by atoms with Crippen LogP contribution in [0, 0.1) is 5.92 Å². The third kappa shape index (κ3) is 5.09. The van der Waals surface area contributed by atoms with E-state index in [0.29, 0.717) is 31.9 Å². The molecule has 2 atom stereocenters. The molecule has 0 saturated carbocycles. The first kappa shape index (κ1) is 21.0. The molecule has 0 spiro atoms. The van der Waals surface area contributed by atoms with E-state index in [0.717, 1.165) is 37.2 Å². The van der Waals surface area contributed by atoms with Gasteiger partial charge in [0.25, 0.3) is 0 Å². The van der Waals surface area contributed by atoms with Crippen molar-refractivity contribution >= 4 is 5.78 Å². The van der Waals surface area contributed by atoms with E-state index in [1.807, 2.05) is 38.4 Å². The largest absolute Gasteiger partial charge is 0.492 e. The lowest BCUT2D eigenvalue weighted by Gasteiger charge is -2.48. The first-order valence-electron chi connectivity index (χ1n) is 10.9. The maximum atomic E-state index is 13.2. The molecule has 160 valence electrons. The topological polar surface area (TPSA) is 42.0 Å². The number of morpholine rings is 1. The fourth-order valence-electron chi connectivity index (χ4n) is 4.55. The van der Waals surface area contributed by atoms with Crippen LogP contribution in [0.25, 0.3) is 0 Å². The lowest BCUT2D eigenvalue weighted by Crippen LogP contribution is -2.57. The number of Topliss-reactive ketones (excluding diaryl/α,β-unsaturated/α-hetero) is 1. The molecule has 0 aromatic heterocycles. The Morgan fingerprint density at radius 3 is 2.33 bits per heavy atom. The van der Waals surface area contributed by atoms with Gasteiger partial charge in [0.1, 0.15) is 12.4 Å². The van der Waals surface area contributed by atoms with Crippen LogP contribution in [0.15, 0.2) is 54.6 Å². The summed E-state index contributed by atoms with van der Waals surface area (Å²) in [5, 5.41) is 0. The van der Waals surface area contributed by atoms with Crippen molar-refractivity contribution in [2.45, 2.75) is 31.5 Å². The van der Waals surface area contributed by atoms with Gasteiger partial charge < -0.3 is 14.4 Å². The number of ketones is 1. The second-order valence-corrected chi connectivity index (χ2v) is 8.71. The molecule has 0 radical (unpaired) electrons.